The molecule has 1 heterocycles. The molecule has 0 aliphatic carbocycles. The molecular weight excluding hydrogens is 182 g/mol. The third-order valence-corrected chi connectivity index (χ3v) is 1.63. The Morgan fingerprint density at radius 3 is 2.71 bits per heavy atom. The third-order valence-electron chi connectivity index (χ3n) is 1.63. The number of amides is 2. The zero-order valence-corrected chi connectivity index (χ0v) is 8.41. The first-order valence-corrected chi connectivity index (χ1v) is 4.33. The summed E-state index contributed by atoms with van der Waals surface area (Å²) in [7, 11) is 3.92. The van der Waals surface area contributed by atoms with Crippen LogP contribution in [-0.2, 0) is 13.1 Å². The Hall–Kier alpha value is -1.49. The van der Waals surface area contributed by atoms with E-state index in [-0.39, 0.29) is 0 Å². The molecule has 0 radical (unpaired) electrons. The molecule has 5 heteroatoms. The highest BCUT2D eigenvalue weighted by molar-refractivity contribution is 5.71. The lowest BCUT2D eigenvalue weighted by atomic mass is 10.4. The minimum Gasteiger partial charge on any atom is -0.463 e. The lowest BCUT2D eigenvalue weighted by molar-refractivity contribution is 0.247. The average molecular weight is 197 g/mol. The van der Waals surface area contributed by atoms with Gasteiger partial charge in [-0.2, -0.15) is 0 Å². The van der Waals surface area contributed by atoms with Crippen LogP contribution in [0.25, 0.3) is 0 Å². The predicted octanol–water partition coefficient (Wildman–Crippen LogP) is 0.510. The molecule has 1 aromatic rings. The van der Waals surface area contributed by atoms with E-state index < -0.39 is 6.03 Å². The first-order valence-electron chi connectivity index (χ1n) is 4.33. The van der Waals surface area contributed by atoms with Crippen molar-refractivity contribution in [3.05, 3.63) is 23.7 Å². The molecule has 14 heavy (non-hydrogen) atoms. The van der Waals surface area contributed by atoms with Gasteiger partial charge in [-0.05, 0) is 26.2 Å². The van der Waals surface area contributed by atoms with Crippen LogP contribution in [0, 0.1) is 0 Å². The molecule has 1 rings (SSSR count). The van der Waals surface area contributed by atoms with E-state index in [9.17, 15) is 4.79 Å². The van der Waals surface area contributed by atoms with Crippen LogP contribution in [0.5, 0.6) is 0 Å². The highest BCUT2D eigenvalue weighted by atomic mass is 16.3. The first-order chi connectivity index (χ1) is 6.58. The molecule has 0 fully saturated rings. The number of hydrogen-bond acceptors (Lipinski definition) is 3. The van der Waals surface area contributed by atoms with Crippen molar-refractivity contribution in [1.82, 2.24) is 10.2 Å². The monoisotopic (exact) mass is 197 g/mol. The molecule has 0 aliphatic heterocycles. The van der Waals surface area contributed by atoms with Crippen LogP contribution in [0.4, 0.5) is 4.79 Å². The predicted molar refractivity (Wildman–Crippen MR) is 52.5 cm³/mol. The fourth-order valence-corrected chi connectivity index (χ4v) is 1.09. The van der Waals surface area contributed by atoms with Gasteiger partial charge in [-0.3, -0.25) is 0 Å². The Morgan fingerprint density at radius 1 is 1.50 bits per heavy atom. The Kier molecular flexibility index (Phi) is 3.53. The van der Waals surface area contributed by atoms with Gasteiger partial charge in [0.05, 0.1) is 13.1 Å². The van der Waals surface area contributed by atoms with E-state index in [0.717, 1.165) is 12.3 Å². The summed E-state index contributed by atoms with van der Waals surface area (Å²) in [5.74, 6) is 1.58. The highest BCUT2D eigenvalue weighted by Crippen LogP contribution is 2.08. The molecule has 0 aliphatic rings. The summed E-state index contributed by atoms with van der Waals surface area (Å²) in [4.78, 5) is 12.4. The number of carbonyl (C=O) groups is 1. The smallest absolute Gasteiger partial charge is 0.312 e. The van der Waals surface area contributed by atoms with Crippen LogP contribution in [0.2, 0.25) is 0 Å². The average Bonchev–Trinajstić information content (AvgIpc) is 2.47. The van der Waals surface area contributed by atoms with Crippen LogP contribution in [0.15, 0.2) is 16.5 Å². The molecule has 2 amide bonds. The second-order valence-corrected chi connectivity index (χ2v) is 3.32. The number of nitrogens with one attached hydrogen (secondary N) is 1. The van der Waals surface area contributed by atoms with Crippen molar-refractivity contribution in [2.24, 2.45) is 5.73 Å². The van der Waals surface area contributed by atoms with Crippen molar-refractivity contribution < 1.29 is 9.21 Å². The van der Waals surface area contributed by atoms with Crippen LogP contribution in [0.3, 0.4) is 0 Å². The van der Waals surface area contributed by atoms with Crippen LogP contribution in [0.1, 0.15) is 11.5 Å². The van der Waals surface area contributed by atoms with Gasteiger partial charge in [0.15, 0.2) is 0 Å². The Balaban J connectivity index is 2.46. The maximum absolute atomic E-state index is 10.4. The summed E-state index contributed by atoms with van der Waals surface area (Å²) in [6.07, 6.45) is 0. The minimum absolute atomic E-state index is 0.336. The maximum Gasteiger partial charge on any atom is 0.312 e. The summed E-state index contributed by atoms with van der Waals surface area (Å²) in [6.45, 7) is 1.08. The summed E-state index contributed by atoms with van der Waals surface area (Å²) in [5.41, 5.74) is 4.93. The third kappa shape index (κ3) is 3.49. The molecule has 0 unspecified atom stereocenters. The van der Waals surface area contributed by atoms with Gasteiger partial charge in [-0.1, -0.05) is 0 Å². The molecule has 0 bridgehead atoms. The normalized spacial score (nSPS) is 10.5. The summed E-state index contributed by atoms with van der Waals surface area (Å²) >= 11 is 0. The first kappa shape index (κ1) is 10.6. The van der Waals surface area contributed by atoms with Gasteiger partial charge in [0.1, 0.15) is 11.5 Å². The number of hydrogen-bond donors (Lipinski definition) is 2. The number of nitrogens with zero attached hydrogens (tertiary/aromatic N) is 1. The number of carbonyl (C=O) groups excluding carboxylic acids is 1. The van der Waals surface area contributed by atoms with E-state index in [2.05, 4.69) is 5.32 Å². The molecule has 0 saturated heterocycles. The van der Waals surface area contributed by atoms with Crippen molar-refractivity contribution in [2.45, 2.75) is 13.1 Å². The van der Waals surface area contributed by atoms with Gasteiger partial charge in [0, 0.05) is 0 Å². The van der Waals surface area contributed by atoms with E-state index in [4.69, 9.17) is 10.2 Å². The standard InChI is InChI=1S/C9H15N3O2/c1-12(2)6-8-4-3-7(14-8)5-11-9(10)13/h3-4H,5-6H2,1-2H3,(H3,10,11,13). The number of rotatable bonds is 4. The lowest BCUT2D eigenvalue weighted by Gasteiger charge is -2.05. The van der Waals surface area contributed by atoms with Gasteiger partial charge in [0.25, 0.3) is 0 Å². The Labute approximate surface area is 82.9 Å². The largest absolute Gasteiger partial charge is 0.463 e. The van der Waals surface area contributed by atoms with Gasteiger partial charge < -0.3 is 20.4 Å². The lowest BCUT2D eigenvalue weighted by Crippen LogP contribution is -2.28. The van der Waals surface area contributed by atoms with E-state index in [1.54, 1.807) is 0 Å². The van der Waals surface area contributed by atoms with E-state index in [1.807, 2.05) is 31.1 Å². The number of furan rings is 1. The van der Waals surface area contributed by atoms with Crippen molar-refractivity contribution in [3.63, 3.8) is 0 Å². The van der Waals surface area contributed by atoms with E-state index >= 15 is 0 Å². The van der Waals surface area contributed by atoms with E-state index in [0.29, 0.717) is 12.3 Å². The maximum atomic E-state index is 10.4. The van der Waals surface area contributed by atoms with Gasteiger partial charge in [-0.15, -0.1) is 0 Å². The molecule has 5 nitrogen and oxygen atoms in total. The minimum atomic E-state index is -0.546. The number of nitrogens with two attached hydrogens (primary N) is 1. The zero-order valence-electron chi connectivity index (χ0n) is 8.41. The molecule has 3 N–H and O–H groups in total. The molecule has 78 valence electrons. The quantitative estimate of drug-likeness (QED) is 0.738. The second kappa shape index (κ2) is 4.66. The topological polar surface area (TPSA) is 71.5 Å². The van der Waals surface area contributed by atoms with Crippen LogP contribution >= 0.6 is 0 Å². The fraction of sp³-hybridized carbons (Fsp3) is 0.444. The van der Waals surface area contributed by atoms with Crippen LogP contribution in [-0.4, -0.2) is 25.0 Å². The summed E-state index contributed by atoms with van der Waals surface area (Å²) in [6, 6.07) is 3.17. The molecule has 0 saturated carbocycles. The Morgan fingerprint density at radius 2 is 2.14 bits per heavy atom. The van der Waals surface area contributed by atoms with E-state index in [1.165, 1.54) is 0 Å². The Bertz CT molecular complexity index is 307. The molecule has 0 spiro atoms. The fourth-order valence-electron chi connectivity index (χ4n) is 1.09. The zero-order chi connectivity index (χ0) is 10.6. The van der Waals surface area contributed by atoms with Crippen LogP contribution < -0.4 is 11.1 Å². The molecule has 1 aromatic heterocycles. The highest BCUT2D eigenvalue weighted by Gasteiger charge is 2.03. The molecule has 0 atom stereocenters. The molecule has 0 aromatic carbocycles. The van der Waals surface area contributed by atoms with Crippen molar-refractivity contribution in [3.8, 4) is 0 Å². The summed E-state index contributed by atoms with van der Waals surface area (Å²) < 4.78 is 5.43. The number of urea groups is 1. The van der Waals surface area contributed by atoms with Crippen molar-refractivity contribution in [2.75, 3.05) is 14.1 Å². The van der Waals surface area contributed by atoms with Crippen molar-refractivity contribution >= 4 is 6.03 Å². The van der Waals surface area contributed by atoms with Gasteiger partial charge in [0.2, 0.25) is 0 Å². The second-order valence-electron chi connectivity index (χ2n) is 3.32. The number of primary amides is 1. The van der Waals surface area contributed by atoms with Crippen molar-refractivity contribution in [1.29, 1.82) is 0 Å². The molecular formula is C9H15N3O2. The van der Waals surface area contributed by atoms with Gasteiger partial charge >= 0.3 is 6.03 Å². The SMILES string of the molecule is CN(C)Cc1ccc(CNC(N)=O)o1. The van der Waals surface area contributed by atoms with Gasteiger partial charge in [-0.25, -0.2) is 4.79 Å². The summed E-state index contributed by atoms with van der Waals surface area (Å²) in [5, 5.41) is 2.46.